The molecule has 0 spiro atoms. The zero-order valence-corrected chi connectivity index (χ0v) is 10.0. The highest BCUT2D eigenvalue weighted by atomic mass is 35.5. The molecule has 0 fully saturated rings. The van der Waals surface area contributed by atoms with Crippen molar-refractivity contribution in [1.82, 2.24) is 20.5 Å². The Bertz CT molecular complexity index is 544. The quantitative estimate of drug-likeness (QED) is 0.884. The molecule has 1 aromatic heterocycles. The average Bonchev–Trinajstić information content (AvgIpc) is 2.85. The van der Waals surface area contributed by atoms with Crippen molar-refractivity contribution >= 4 is 17.5 Å². The van der Waals surface area contributed by atoms with Gasteiger partial charge in [-0.3, -0.25) is 9.89 Å². The number of carbonyl (C=O) groups is 1. The fraction of sp³-hybridized carbons (Fsp3) is 0.182. The van der Waals surface area contributed by atoms with E-state index in [1.54, 1.807) is 0 Å². The van der Waals surface area contributed by atoms with Crippen molar-refractivity contribution in [3.63, 3.8) is 0 Å². The summed E-state index contributed by atoms with van der Waals surface area (Å²) in [7, 11) is 0. The summed E-state index contributed by atoms with van der Waals surface area (Å²) in [4.78, 5) is 15.6. The van der Waals surface area contributed by atoms with Crippen LogP contribution in [0.1, 0.15) is 16.2 Å². The smallest absolute Gasteiger partial charge is 0.254 e. The molecular weight excluding hydrogens is 259 g/mol. The molecule has 1 heterocycles. The minimum Gasteiger partial charge on any atom is -0.351 e. The molecule has 7 heteroatoms. The van der Waals surface area contributed by atoms with Gasteiger partial charge in [0, 0.05) is 18.0 Å². The van der Waals surface area contributed by atoms with Gasteiger partial charge >= 0.3 is 0 Å². The molecule has 0 bridgehead atoms. The number of rotatable bonds is 4. The number of H-pyrrole nitrogens is 1. The van der Waals surface area contributed by atoms with Crippen LogP contribution < -0.4 is 5.32 Å². The van der Waals surface area contributed by atoms with Crippen molar-refractivity contribution in [1.29, 1.82) is 0 Å². The predicted octanol–water partition coefficient (Wildman–Crippen LogP) is 1.57. The van der Waals surface area contributed by atoms with Gasteiger partial charge in [0.1, 0.15) is 18.0 Å². The number of hydrogen-bond acceptors (Lipinski definition) is 3. The number of nitrogens with zero attached hydrogens (tertiary/aromatic N) is 2. The van der Waals surface area contributed by atoms with Crippen LogP contribution in [0.4, 0.5) is 4.39 Å². The van der Waals surface area contributed by atoms with Crippen molar-refractivity contribution in [2.75, 3.05) is 6.54 Å². The van der Waals surface area contributed by atoms with E-state index in [0.29, 0.717) is 23.8 Å². The summed E-state index contributed by atoms with van der Waals surface area (Å²) in [5, 5.41) is 9.24. The third-order valence-corrected chi connectivity index (χ3v) is 2.52. The number of halogens is 2. The minimum atomic E-state index is -0.600. The van der Waals surface area contributed by atoms with E-state index in [1.807, 2.05) is 0 Å². The topological polar surface area (TPSA) is 70.7 Å². The maximum atomic E-state index is 13.4. The molecule has 1 aromatic carbocycles. The van der Waals surface area contributed by atoms with Crippen LogP contribution >= 0.6 is 11.6 Å². The van der Waals surface area contributed by atoms with Crippen LogP contribution in [-0.4, -0.2) is 27.6 Å². The van der Waals surface area contributed by atoms with E-state index in [-0.39, 0.29) is 5.56 Å². The summed E-state index contributed by atoms with van der Waals surface area (Å²) in [6.07, 6.45) is 1.88. The lowest BCUT2D eigenvalue weighted by atomic mass is 10.2. The van der Waals surface area contributed by atoms with E-state index < -0.39 is 11.7 Å². The molecule has 0 saturated heterocycles. The number of nitrogens with one attached hydrogen (secondary N) is 2. The number of benzene rings is 1. The summed E-state index contributed by atoms with van der Waals surface area (Å²) >= 11 is 5.71. The van der Waals surface area contributed by atoms with Gasteiger partial charge in [-0.2, -0.15) is 5.10 Å². The molecule has 0 saturated carbocycles. The molecule has 0 radical (unpaired) electrons. The van der Waals surface area contributed by atoms with Gasteiger partial charge in [0.05, 0.1) is 5.56 Å². The van der Waals surface area contributed by atoms with Gasteiger partial charge in [0.25, 0.3) is 5.91 Å². The van der Waals surface area contributed by atoms with Crippen LogP contribution in [0.3, 0.4) is 0 Å². The number of aromatic amines is 1. The Morgan fingerprint density at radius 1 is 1.50 bits per heavy atom. The Labute approximate surface area is 107 Å². The Morgan fingerprint density at radius 2 is 2.33 bits per heavy atom. The number of carbonyl (C=O) groups excluding carboxylic acids is 1. The largest absolute Gasteiger partial charge is 0.351 e. The zero-order chi connectivity index (χ0) is 13.0. The van der Waals surface area contributed by atoms with Crippen molar-refractivity contribution in [2.24, 2.45) is 0 Å². The van der Waals surface area contributed by atoms with Gasteiger partial charge < -0.3 is 5.32 Å². The van der Waals surface area contributed by atoms with Crippen LogP contribution in [0.15, 0.2) is 24.5 Å². The summed E-state index contributed by atoms with van der Waals surface area (Å²) < 4.78 is 13.4. The molecule has 0 aliphatic carbocycles. The van der Waals surface area contributed by atoms with E-state index in [0.717, 1.165) is 6.07 Å². The molecule has 0 aliphatic rings. The highest BCUT2D eigenvalue weighted by Crippen LogP contribution is 2.14. The molecule has 0 unspecified atom stereocenters. The first-order valence-corrected chi connectivity index (χ1v) is 5.62. The lowest BCUT2D eigenvalue weighted by molar-refractivity contribution is 0.0950. The molecule has 0 atom stereocenters. The third kappa shape index (κ3) is 3.04. The second-order valence-electron chi connectivity index (χ2n) is 3.56. The lowest BCUT2D eigenvalue weighted by Crippen LogP contribution is -2.26. The highest BCUT2D eigenvalue weighted by Gasteiger charge is 2.11. The fourth-order valence-electron chi connectivity index (χ4n) is 1.41. The monoisotopic (exact) mass is 268 g/mol. The van der Waals surface area contributed by atoms with Crippen molar-refractivity contribution in [3.8, 4) is 0 Å². The Hall–Kier alpha value is -1.95. The van der Waals surface area contributed by atoms with Crippen LogP contribution in [0.25, 0.3) is 0 Å². The van der Waals surface area contributed by atoms with Gasteiger partial charge in [-0.1, -0.05) is 11.6 Å². The van der Waals surface area contributed by atoms with E-state index >= 15 is 0 Å². The van der Waals surface area contributed by atoms with Crippen LogP contribution in [0.2, 0.25) is 5.02 Å². The fourth-order valence-corrected chi connectivity index (χ4v) is 1.58. The zero-order valence-electron chi connectivity index (χ0n) is 9.28. The Kier molecular flexibility index (Phi) is 3.88. The first-order valence-electron chi connectivity index (χ1n) is 5.24. The van der Waals surface area contributed by atoms with Gasteiger partial charge in [0.2, 0.25) is 0 Å². The minimum absolute atomic E-state index is 0.0694. The third-order valence-electron chi connectivity index (χ3n) is 2.29. The molecule has 18 heavy (non-hydrogen) atoms. The van der Waals surface area contributed by atoms with Crippen LogP contribution in [-0.2, 0) is 6.42 Å². The van der Waals surface area contributed by atoms with Gasteiger partial charge in [0.15, 0.2) is 0 Å². The standard InChI is InChI=1S/C11H10ClFN4O/c12-7-1-2-9(13)8(5-7)11(18)14-4-3-10-15-6-16-17-10/h1-2,5-6H,3-4H2,(H,14,18)(H,15,16,17). The molecule has 0 aliphatic heterocycles. The van der Waals surface area contributed by atoms with E-state index in [4.69, 9.17) is 11.6 Å². The molecular formula is C11H10ClFN4O. The Morgan fingerprint density at radius 3 is 3.06 bits per heavy atom. The molecule has 2 rings (SSSR count). The summed E-state index contributed by atoms with van der Waals surface area (Å²) in [6, 6.07) is 3.84. The number of hydrogen-bond donors (Lipinski definition) is 2. The second-order valence-corrected chi connectivity index (χ2v) is 4.00. The summed E-state index contributed by atoms with van der Waals surface area (Å²) in [5.41, 5.74) is -0.0694. The van der Waals surface area contributed by atoms with E-state index in [2.05, 4.69) is 20.5 Å². The molecule has 2 N–H and O–H groups in total. The maximum absolute atomic E-state index is 13.4. The van der Waals surface area contributed by atoms with Crippen LogP contribution in [0, 0.1) is 5.82 Å². The second kappa shape index (κ2) is 5.59. The molecule has 5 nitrogen and oxygen atoms in total. The summed E-state index contributed by atoms with van der Waals surface area (Å²) in [5.74, 6) is -0.451. The first-order chi connectivity index (χ1) is 8.66. The summed E-state index contributed by atoms with van der Waals surface area (Å²) in [6.45, 7) is 0.333. The van der Waals surface area contributed by atoms with E-state index in [1.165, 1.54) is 18.5 Å². The molecule has 2 aromatic rings. The van der Waals surface area contributed by atoms with Gasteiger partial charge in [-0.05, 0) is 18.2 Å². The van der Waals surface area contributed by atoms with Crippen LogP contribution in [0.5, 0.6) is 0 Å². The maximum Gasteiger partial charge on any atom is 0.254 e. The Balaban J connectivity index is 1.93. The molecule has 1 amide bonds. The normalized spacial score (nSPS) is 10.3. The van der Waals surface area contributed by atoms with Crippen molar-refractivity contribution < 1.29 is 9.18 Å². The van der Waals surface area contributed by atoms with Gasteiger partial charge in [-0.25, -0.2) is 9.37 Å². The highest BCUT2D eigenvalue weighted by molar-refractivity contribution is 6.30. The lowest BCUT2D eigenvalue weighted by Gasteiger charge is -2.05. The molecule has 94 valence electrons. The van der Waals surface area contributed by atoms with Crippen molar-refractivity contribution in [2.45, 2.75) is 6.42 Å². The average molecular weight is 269 g/mol. The SMILES string of the molecule is O=C(NCCc1ncn[nH]1)c1cc(Cl)ccc1F. The predicted molar refractivity (Wildman–Crippen MR) is 63.8 cm³/mol. The first kappa shape index (κ1) is 12.5. The van der Waals surface area contributed by atoms with E-state index in [9.17, 15) is 9.18 Å². The number of aromatic nitrogens is 3. The van der Waals surface area contributed by atoms with Crippen molar-refractivity contribution in [3.05, 3.63) is 46.8 Å². The van der Waals surface area contributed by atoms with Gasteiger partial charge in [-0.15, -0.1) is 0 Å². The number of amides is 1.